The monoisotopic (exact) mass is 285 g/mol. The minimum absolute atomic E-state index is 0.189. The lowest BCUT2D eigenvalue weighted by atomic mass is 9.99. The topological polar surface area (TPSA) is 63.9 Å². The van der Waals surface area contributed by atoms with Crippen LogP contribution in [0.2, 0.25) is 0 Å². The van der Waals surface area contributed by atoms with Crippen LogP contribution >= 0.6 is 0 Å². The van der Waals surface area contributed by atoms with Crippen LogP contribution in [0, 0.1) is 0 Å². The summed E-state index contributed by atoms with van der Waals surface area (Å²) in [5.41, 5.74) is 8.29. The number of aromatic nitrogens is 2. The number of rotatable bonds is 4. The quantitative estimate of drug-likeness (QED) is 0.902. The molecule has 0 amide bonds. The predicted molar refractivity (Wildman–Crippen MR) is 84.1 cm³/mol. The van der Waals surface area contributed by atoms with E-state index in [4.69, 9.17) is 10.5 Å². The van der Waals surface area contributed by atoms with Crippen LogP contribution in [0.15, 0.2) is 30.5 Å². The van der Waals surface area contributed by atoms with Gasteiger partial charge in [-0.15, -0.1) is 0 Å². The Bertz CT molecular complexity index is 595. The molecule has 0 radical (unpaired) electrons. The van der Waals surface area contributed by atoms with Gasteiger partial charge in [-0.05, 0) is 56.5 Å². The molecule has 3 N–H and O–H groups in total. The van der Waals surface area contributed by atoms with Crippen LogP contribution in [0.4, 0.5) is 0 Å². The van der Waals surface area contributed by atoms with Crippen molar-refractivity contribution in [3.05, 3.63) is 36.3 Å². The minimum Gasteiger partial charge on any atom is -0.491 e. The molecule has 0 bridgehead atoms. The number of hydrogen-bond acceptors (Lipinski definition) is 3. The number of H-pyrrole nitrogens is 1. The van der Waals surface area contributed by atoms with Gasteiger partial charge in [0, 0.05) is 0 Å². The van der Waals surface area contributed by atoms with Crippen LogP contribution in [0.25, 0.3) is 11.3 Å². The van der Waals surface area contributed by atoms with Gasteiger partial charge in [-0.2, -0.15) is 0 Å². The van der Waals surface area contributed by atoms with Gasteiger partial charge in [0.2, 0.25) is 0 Å². The molecule has 1 heterocycles. The van der Waals surface area contributed by atoms with Gasteiger partial charge in [-0.3, -0.25) is 0 Å². The van der Waals surface area contributed by atoms with Crippen molar-refractivity contribution in [1.29, 1.82) is 0 Å². The highest BCUT2D eigenvalue weighted by molar-refractivity contribution is 5.59. The van der Waals surface area contributed by atoms with E-state index in [1.165, 1.54) is 12.8 Å². The summed E-state index contributed by atoms with van der Waals surface area (Å²) < 4.78 is 5.66. The van der Waals surface area contributed by atoms with Gasteiger partial charge >= 0.3 is 0 Å². The maximum atomic E-state index is 6.44. The van der Waals surface area contributed by atoms with Gasteiger partial charge < -0.3 is 15.5 Å². The fraction of sp³-hybridized carbons (Fsp3) is 0.471. The average Bonchev–Trinajstić information content (AvgIpc) is 3.09. The van der Waals surface area contributed by atoms with Gasteiger partial charge in [0.15, 0.2) is 0 Å². The van der Waals surface area contributed by atoms with Crippen molar-refractivity contribution in [3.63, 3.8) is 0 Å². The highest BCUT2D eigenvalue weighted by atomic mass is 16.5. The number of hydrogen-bond donors (Lipinski definition) is 2. The predicted octanol–water partition coefficient (Wildman–Crippen LogP) is 3.59. The summed E-state index contributed by atoms with van der Waals surface area (Å²) in [6.45, 7) is 4.05. The van der Waals surface area contributed by atoms with Crippen molar-refractivity contribution < 1.29 is 4.74 Å². The maximum Gasteiger partial charge on any atom is 0.126 e. The molecule has 0 unspecified atom stereocenters. The Kier molecular flexibility index (Phi) is 3.72. The fourth-order valence-electron chi connectivity index (χ4n) is 2.95. The summed E-state index contributed by atoms with van der Waals surface area (Å²) in [5.74, 6) is 1.80. The van der Waals surface area contributed by atoms with Gasteiger partial charge in [0.05, 0.1) is 23.5 Å². The smallest absolute Gasteiger partial charge is 0.126 e. The van der Waals surface area contributed by atoms with Crippen molar-refractivity contribution in [2.45, 2.75) is 51.2 Å². The summed E-state index contributed by atoms with van der Waals surface area (Å²) in [4.78, 5) is 7.90. The van der Waals surface area contributed by atoms with Crippen molar-refractivity contribution in [2.75, 3.05) is 0 Å². The zero-order valence-electron chi connectivity index (χ0n) is 12.7. The normalized spacial score (nSPS) is 17.3. The second kappa shape index (κ2) is 5.53. The van der Waals surface area contributed by atoms with Crippen molar-refractivity contribution >= 4 is 0 Å². The maximum absolute atomic E-state index is 6.44. The molecule has 21 heavy (non-hydrogen) atoms. The highest BCUT2D eigenvalue weighted by Crippen LogP contribution is 2.35. The first kappa shape index (κ1) is 14.1. The Morgan fingerprint density at radius 1 is 1.19 bits per heavy atom. The van der Waals surface area contributed by atoms with E-state index in [1.54, 1.807) is 0 Å². The van der Waals surface area contributed by atoms with Crippen LogP contribution < -0.4 is 10.5 Å². The molecule has 1 aromatic carbocycles. The molecule has 4 heteroatoms. The summed E-state index contributed by atoms with van der Waals surface area (Å²) in [7, 11) is 0. The van der Waals surface area contributed by atoms with Gasteiger partial charge in [0.1, 0.15) is 11.6 Å². The molecule has 2 aromatic rings. The van der Waals surface area contributed by atoms with Crippen LogP contribution in [0.3, 0.4) is 0 Å². The van der Waals surface area contributed by atoms with Gasteiger partial charge in [0.25, 0.3) is 0 Å². The third kappa shape index (κ3) is 2.95. The molecular formula is C17H23N3O. The summed E-state index contributed by atoms with van der Waals surface area (Å²) in [6, 6.07) is 8.08. The minimum atomic E-state index is -0.265. The first-order chi connectivity index (χ1) is 10.1. The first-order valence-corrected chi connectivity index (χ1v) is 7.68. The molecule has 0 aliphatic heterocycles. The molecule has 4 nitrogen and oxygen atoms in total. The first-order valence-electron chi connectivity index (χ1n) is 7.68. The standard InChI is InChI=1S/C17H23N3O/c1-12(2)21-14-7-5-13(6-8-14)15-11-19-16(20-15)17(18)9-3-4-10-17/h5-8,11-12H,3-4,9-10,18H2,1-2H3,(H,19,20). The summed E-state index contributed by atoms with van der Waals surface area (Å²) >= 11 is 0. The molecule has 0 spiro atoms. The van der Waals surface area contributed by atoms with E-state index in [0.29, 0.717) is 0 Å². The van der Waals surface area contributed by atoms with Crippen molar-refractivity contribution in [1.82, 2.24) is 9.97 Å². The molecule has 3 rings (SSSR count). The Morgan fingerprint density at radius 2 is 1.86 bits per heavy atom. The number of aromatic amines is 1. The number of ether oxygens (including phenoxy) is 1. The van der Waals surface area contributed by atoms with E-state index in [-0.39, 0.29) is 11.6 Å². The number of nitrogens with zero attached hydrogens (tertiary/aromatic N) is 1. The van der Waals surface area contributed by atoms with E-state index in [9.17, 15) is 0 Å². The second-order valence-corrected chi connectivity index (χ2v) is 6.20. The second-order valence-electron chi connectivity index (χ2n) is 6.20. The summed E-state index contributed by atoms with van der Waals surface area (Å²) in [5, 5.41) is 0. The average molecular weight is 285 g/mol. The van der Waals surface area contributed by atoms with Crippen molar-refractivity contribution in [3.8, 4) is 17.0 Å². The lowest BCUT2D eigenvalue weighted by Crippen LogP contribution is -2.34. The third-order valence-electron chi connectivity index (χ3n) is 4.08. The molecule has 1 saturated carbocycles. The SMILES string of the molecule is CC(C)Oc1ccc(-c2cnc(C3(N)CCCC3)[nH]2)cc1. The van der Waals surface area contributed by atoms with E-state index >= 15 is 0 Å². The molecule has 1 aromatic heterocycles. The Hall–Kier alpha value is -1.81. The summed E-state index contributed by atoms with van der Waals surface area (Å²) in [6.07, 6.45) is 6.47. The molecule has 112 valence electrons. The lowest BCUT2D eigenvalue weighted by Gasteiger charge is -2.20. The molecular weight excluding hydrogens is 262 g/mol. The molecule has 1 aliphatic carbocycles. The van der Waals surface area contributed by atoms with E-state index in [2.05, 4.69) is 9.97 Å². The molecule has 0 saturated heterocycles. The number of nitrogens with one attached hydrogen (secondary N) is 1. The van der Waals surface area contributed by atoms with E-state index < -0.39 is 0 Å². The zero-order valence-corrected chi connectivity index (χ0v) is 12.7. The third-order valence-corrected chi connectivity index (χ3v) is 4.08. The lowest BCUT2D eigenvalue weighted by molar-refractivity contribution is 0.242. The highest BCUT2D eigenvalue weighted by Gasteiger charge is 2.33. The number of benzene rings is 1. The van der Waals surface area contributed by atoms with E-state index in [0.717, 1.165) is 35.7 Å². The van der Waals surface area contributed by atoms with Crippen molar-refractivity contribution in [2.24, 2.45) is 5.73 Å². The van der Waals surface area contributed by atoms with Crippen LogP contribution in [0.5, 0.6) is 5.75 Å². The molecule has 1 aliphatic rings. The van der Waals surface area contributed by atoms with Gasteiger partial charge in [-0.1, -0.05) is 12.8 Å². The zero-order chi connectivity index (χ0) is 14.9. The molecule has 1 fully saturated rings. The van der Waals surface area contributed by atoms with Crippen LogP contribution in [-0.2, 0) is 5.54 Å². The largest absolute Gasteiger partial charge is 0.491 e. The number of imidazole rings is 1. The fourth-order valence-corrected chi connectivity index (χ4v) is 2.95. The number of nitrogens with two attached hydrogens (primary N) is 1. The Morgan fingerprint density at radius 3 is 2.48 bits per heavy atom. The Labute approximate surface area is 125 Å². The van der Waals surface area contributed by atoms with Gasteiger partial charge in [-0.25, -0.2) is 4.98 Å². The van der Waals surface area contributed by atoms with Crippen LogP contribution in [-0.4, -0.2) is 16.1 Å². The van der Waals surface area contributed by atoms with Crippen LogP contribution in [0.1, 0.15) is 45.4 Å². The Balaban J connectivity index is 1.80. The van der Waals surface area contributed by atoms with E-state index in [1.807, 2.05) is 44.3 Å². The molecule has 0 atom stereocenters.